The van der Waals surface area contributed by atoms with E-state index in [1.165, 1.54) is 0 Å². The monoisotopic (exact) mass is 260 g/mol. The predicted octanol–water partition coefficient (Wildman–Crippen LogP) is 1.73. The molecule has 4 nitrogen and oxygen atoms in total. The Balaban J connectivity index is 1.87. The van der Waals surface area contributed by atoms with E-state index in [2.05, 4.69) is 16.5 Å². The number of fused-ring (bicyclic) bond motifs is 1. The van der Waals surface area contributed by atoms with Gasteiger partial charge in [0.15, 0.2) is 0 Å². The molecule has 0 saturated heterocycles. The van der Waals surface area contributed by atoms with E-state index < -0.39 is 12.2 Å². The largest absolute Gasteiger partial charge is 0.390 e. The summed E-state index contributed by atoms with van der Waals surface area (Å²) >= 11 is 0. The Hall–Kier alpha value is -1.39. The second kappa shape index (κ2) is 4.94. The molecule has 2 atom stereocenters. The summed E-state index contributed by atoms with van der Waals surface area (Å²) in [6.07, 6.45) is 1.16. The van der Waals surface area contributed by atoms with E-state index in [1.54, 1.807) is 0 Å². The average molecular weight is 260 g/mol. The Bertz CT molecular complexity index is 575. The van der Waals surface area contributed by atoms with Gasteiger partial charge in [0.05, 0.1) is 23.2 Å². The van der Waals surface area contributed by atoms with Crippen LogP contribution in [0, 0.1) is 5.92 Å². The molecule has 0 amide bonds. The molecule has 2 aromatic rings. The molecule has 0 spiro atoms. The highest BCUT2D eigenvalue weighted by atomic mass is 16.3. The third kappa shape index (κ3) is 2.38. The van der Waals surface area contributed by atoms with E-state index in [4.69, 9.17) is 0 Å². The molecule has 2 unspecified atom stereocenters. The molecule has 4 heteroatoms. The van der Waals surface area contributed by atoms with E-state index in [1.807, 2.05) is 24.3 Å². The first-order valence-electron chi connectivity index (χ1n) is 7.01. The van der Waals surface area contributed by atoms with Crippen molar-refractivity contribution in [3.8, 4) is 0 Å². The first-order chi connectivity index (χ1) is 9.20. The third-order valence-corrected chi connectivity index (χ3v) is 3.94. The Labute approximate surface area is 112 Å². The molecule has 1 aromatic heterocycles. The Kier molecular flexibility index (Phi) is 3.29. The number of imidazole rings is 1. The highest BCUT2D eigenvalue weighted by molar-refractivity contribution is 5.75. The summed E-state index contributed by atoms with van der Waals surface area (Å²) in [5.41, 5.74) is 2.04. The van der Waals surface area contributed by atoms with Gasteiger partial charge in [-0.25, -0.2) is 4.98 Å². The van der Waals surface area contributed by atoms with Crippen molar-refractivity contribution in [1.29, 1.82) is 0 Å². The Morgan fingerprint density at radius 1 is 1.32 bits per heavy atom. The van der Waals surface area contributed by atoms with Crippen LogP contribution < -0.4 is 0 Å². The number of aromatic nitrogens is 2. The summed E-state index contributed by atoms with van der Waals surface area (Å²) < 4.78 is 2.11. The number of aliphatic hydroxyl groups excluding tert-OH is 2. The number of rotatable bonds is 5. The third-order valence-electron chi connectivity index (χ3n) is 3.94. The molecule has 0 radical (unpaired) electrons. The SMILES string of the molecule is CCn1c(CC(O)C(O)C2CC2)nc2ccccc21. The van der Waals surface area contributed by atoms with Crippen LogP contribution in [0.2, 0.25) is 0 Å². The molecular formula is C15H20N2O2. The molecule has 0 aliphatic heterocycles. The van der Waals surface area contributed by atoms with Crippen molar-refractivity contribution in [3.63, 3.8) is 0 Å². The number of aliphatic hydroxyl groups is 2. The maximum absolute atomic E-state index is 10.1. The number of hydrogen-bond donors (Lipinski definition) is 2. The first-order valence-corrected chi connectivity index (χ1v) is 7.01. The van der Waals surface area contributed by atoms with Gasteiger partial charge in [-0.15, -0.1) is 0 Å². The highest BCUT2D eigenvalue weighted by Gasteiger charge is 2.35. The van der Waals surface area contributed by atoms with E-state index >= 15 is 0 Å². The number of benzene rings is 1. The summed E-state index contributed by atoms with van der Waals surface area (Å²) in [5.74, 6) is 1.14. The van der Waals surface area contributed by atoms with Crippen molar-refractivity contribution in [2.75, 3.05) is 0 Å². The fraction of sp³-hybridized carbons (Fsp3) is 0.533. The molecule has 102 valence electrons. The van der Waals surface area contributed by atoms with Crippen molar-refractivity contribution in [3.05, 3.63) is 30.1 Å². The van der Waals surface area contributed by atoms with Crippen LogP contribution in [0.15, 0.2) is 24.3 Å². The van der Waals surface area contributed by atoms with Gasteiger partial charge in [0.1, 0.15) is 5.82 Å². The number of hydrogen-bond acceptors (Lipinski definition) is 3. The lowest BCUT2D eigenvalue weighted by atomic mass is 10.1. The van der Waals surface area contributed by atoms with Gasteiger partial charge in [0, 0.05) is 13.0 Å². The lowest BCUT2D eigenvalue weighted by molar-refractivity contribution is 0.00533. The zero-order valence-electron chi connectivity index (χ0n) is 11.2. The molecule has 1 heterocycles. The topological polar surface area (TPSA) is 58.3 Å². The molecule has 1 aliphatic rings. The normalized spacial score (nSPS) is 18.7. The molecule has 1 aromatic carbocycles. The van der Waals surface area contributed by atoms with Crippen LogP contribution in [0.4, 0.5) is 0 Å². The van der Waals surface area contributed by atoms with Crippen molar-refractivity contribution < 1.29 is 10.2 Å². The van der Waals surface area contributed by atoms with E-state index in [0.29, 0.717) is 6.42 Å². The van der Waals surface area contributed by atoms with Crippen LogP contribution in [-0.2, 0) is 13.0 Å². The second-order valence-electron chi connectivity index (χ2n) is 5.36. The molecule has 0 bridgehead atoms. The summed E-state index contributed by atoms with van der Waals surface area (Å²) in [4.78, 5) is 4.58. The minimum Gasteiger partial charge on any atom is -0.390 e. The maximum atomic E-state index is 10.1. The minimum atomic E-state index is -0.713. The van der Waals surface area contributed by atoms with Crippen LogP contribution in [-0.4, -0.2) is 32.0 Å². The molecule has 1 aliphatic carbocycles. The summed E-state index contributed by atoms with van der Waals surface area (Å²) in [7, 11) is 0. The molecule has 1 fully saturated rings. The van der Waals surface area contributed by atoms with Crippen molar-refractivity contribution in [2.45, 2.75) is 44.9 Å². The van der Waals surface area contributed by atoms with Gasteiger partial charge >= 0.3 is 0 Å². The molecule has 1 saturated carbocycles. The fourth-order valence-electron chi connectivity index (χ4n) is 2.69. The molecule has 19 heavy (non-hydrogen) atoms. The minimum absolute atomic E-state index is 0.287. The lowest BCUT2D eigenvalue weighted by Crippen LogP contribution is -2.30. The smallest absolute Gasteiger partial charge is 0.112 e. The predicted molar refractivity (Wildman–Crippen MR) is 73.8 cm³/mol. The highest BCUT2D eigenvalue weighted by Crippen LogP contribution is 2.34. The van der Waals surface area contributed by atoms with Gasteiger partial charge in [-0.2, -0.15) is 0 Å². The van der Waals surface area contributed by atoms with Crippen molar-refractivity contribution in [2.24, 2.45) is 5.92 Å². The zero-order valence-corrected chi connectivity index (χ0v) is 11.2. The van der Waals surface area contributed by atoms with E-state index in [9.17, 15) is 10.2 Å². The summed E-state index contributed by atoms with van der Waals surface area (Å²) in [5, 5.41) is 20.1. The molecular weight excluding hydrogens is 240 g/mol. The van der Waals surface area contributed by atoms with Gasteiger partial charge in [0.2, 0.25) is 0 Å². The van der Waals surface area contributed by atoms with Crippen LogP contribution in [0.5, 0.6) is 0 Å². The van der Waals surface area contributed by atoms with E-state index in [-0.39, 0.29) is 5.92 Å². The second-order valence-corrected chi connectivity index (χ2v) is 5.36. The number of nitrogens with zero attached hydrogens (tertiary/aromatic N) is 2. The van der Waals surface area contributed by atoms with E-state index in [0.717, 1.165) is 36.2 Å². The van der Waals surface area contributed by atoms with Crippen molar-refractivity contribution >= 4 is 11.0 Å². The standard InChI is InChI=1S/C15H20N2O2/c1-2-17-12-6-4-3-5-11(12)16-14(17)9-13(18)15(19)10-7-8-10/h3-6,10,13,15,18-19H,2,7-9H2,1H3. The van der Waals surface area contributed by atoms with Crippen LogP contribution in [0.25, 0.3) is 11.0 Å². The first kappa shape index (κ1) is 12.6. The van der Waals surface area contributed by atoms with Gasteiger partial charge < -0.3 is 14.8 Å². The zero-order chi connectivity index (χ0) is 13.4. The summed E-state index contributed by atoms with van der Waals surface area (Å²) in [6, 6.07) is 7.98. The van der Waals surface area contributed by atoms with Crippen LogP contribution >= 0.6 is 0 Å². The number of aryl methyl sites for hydroxylation is 1. The van der Waals surface area contributed by atoms with Gasteiger partial charge in [0.25, 0.3) is 0 Å². The average Bonchev–Trinajstić information content (AvgIpc) is 3.20. The van der Waals surface area contributed by atoms with Gasteiger partial charge in [-0.1, -0.05) is 12.1 Å². The molecule has 2 N–H and O–H groups in total. The Morgan fingerprint density at radius 3 is 2.74 bits per heavy atom. The number of para-hydroxylation sites is 2. The van der Waals surface area contributed by atoms with Crippen LogP contribution in [0.1, 0.15) is 25.6 Å². The van der Waals surface area contributed by atoms with Gasteiger partial charge in [-0.05, 0) is 37.8 Å². The fourth-order valence-corrected chi connectivity index (χ4v) is 2.69. The van der Waals surface area contributed by atoms with Crippen LogP contribution in [0.3, 0.4) is 0 Å². The lowest BCUT2D eigenvalue weighted by Gasteiger charge is -2.17. The maximum Gasteiger partial charge on any atom is 0.112 e. The van der Waals surface area contributed by atoms with Gasteiger partial charge in [-0.3, -0.25) is 0 Å². The Morgan fingerprint density at radius 2 is 2.05 bits per heavy atom. The quantitative estimate of drug-likeness (QED) is 0.860. The molecule has 3 rings (SSSR count). The van der Waals surface area contributed by atoms with Crippen molar-refractivity contribution in [1.82, 2.24) is 9.55 Å². The summed E-state index contributed by atoms with van der Waals surface area (Å²) in [6.45, 7) is 2.89.